The van der Waals surface area contributed by atoms with Gasteiger partial charge in [-0.05, 0) is 63.7 Å². The Kier molecular flexibility index (Phi) is 3.93. The van der Waals surface area contributed by atoms with Crippen LogP contribution in [0.15, 0.2) is 12.1 Å². The molecule has 2 rings (SSSR count). The Bertz CT molecular complexity index is 562. The molecule has 1 aromatic rings. The molecule has 0 radical (unpaired) electrons. The molecule has 1 aliphatic rings. The van der Waals surface area contributed by atoms with E-state index in [1.807, 2.05) is 47.6 Å². The zero-order valence-corrected chi connectivity index (χ0v) is 13.6. The van der Waals surface area contributed by atoms with Crippen LogP contribution in [0.25, 0.3) is 0 Å². The number of hydrogen-bond donors (Lipinski definition) is 1. The molecule has 1 aliphatic heterocycles. The van der Waals surface area contributed by atoms with Crippen LogP contribution in [0.3, 0.4) is 0 Å². The molecular weight excluding hydrogens is 267 g/mol. The van der Waals surface area contributed by atoms with Gasteiger partial charge in [0.1, 0.15) is 0 Å². The van der Waals surface area contributed by atoms with E-state index in [1.54, 1.807) is 6.07 Å². The molecule has 0 spiro atoms. The maximum absolute atomic E-state index is 11.3. The molecule has 0 amide bonds. The highest BCUT2D eigenvalue weighted by Crippen LogP contribution is 2.37. The van der Waals surface area contributed by atoms with Gasteiger partial charge in [-0.1, -0.05) is 13.0 Å². The fourth-order valence-electron chi connectivity index (χ4n) is 2.67. The summed E-state index contributed by atoms with van der Waals surface area (Å²) in [7, 11) is -0.452. The molecule has 0 unspecified atom stereocenters. The smallest absolute Gasteiger partial charge is 0.478 e. The summed E-state index contributed by atoms with van der Waals surface area (Å²) in [5.74, 6) is -0.900. The van der Waals surface area contributed by atoms with E-state index in [0.717, 1.165) is 23.0 Å². The van der Waals surface area contributed by atoms with Crippen LogP contribution in [0.2, 0.25) is 0 Å². The molecule has 1 fully saturated rings. The Morgan fingerprint density at radius 2 is 1.71 bits per heavy atom. The van der Waals surface area contributed by atoms with E-state index in [-0.39, 0.29) is 0 Å². The van der Waals surface area contributed by atoms with E-state index < -0.39 is 24.3 Å². The van der Waals surface area contributed by atoms with E-state index in [2.05, 4.69) is 0 Å². The lowest BCUT2D eigenvalue weighted by molar-refractivity contribution is 0.00578. The molecule has 0 atom stereocenters. The molecule has 4 nitrogen and oxygen atoms in total. The molecule has 1 N–H and O–H groups in total. The van der Waals surface area contributed by atoms with Gasteiger partial charge in [0.25, 0.3) is 0 Å². The third kappa shape index (κ3) is 2.60. The molecule has 114 valence electrons. The summed E-state index contributed by atoms with van der Waals surface area (Å²) < 4.78 is 12.2. The summed E-state index contributed by atoms with van der Waals surface area (Å²) in [6.07, 6.45) is 0.742. The molecule has 0 aliphatic carbocycles. The summed E-state index contributed by atoms with van der Waals surface area (Å²) >= 11 is 0. The first kappa shape index (κ1) is 16.1. The largest absolute Gasteiger partial charge is 0.495 e. The Morgan fingerprint density at radius 1 is 1.19 bits per heavy atom. The third-order valence-electron chi connectivity index (χ3n) is 4.73. The van der Waals surface area contributed by atoms with Gasteiger partial charge in [0, 0.05) is 0 Å². The van der Waals surface area contributed by atoms with Crippen molar-refractivity contribution in [3.8, 4) is 0 Å². The molecule has 0 saturated carbocycles. The normalized spacial score (nSPS) is 19.8. The lowest BCUT2D eigenvalue weighted by atomic mass is 9.73. The summed E-state index contributed by atoms with van der Waals surface area (Å²) in [5.41, 5.74) is 2.25. The number of aromatic carboxylic acids is 1. The summed E-state index contributed by atoms with van der Waals surface area (Å²) in [5, 5.41) is 9.25. The van der Waals surface area contributed by atoms with Crippen LogP contribution in [-0.4, -0.2) is 29.4 Å². The van der Waals surface area contributed by atoms with Crippen LogP contribution in [-0.2, 0) is 15.7 Å². The van der Waals surface area contributed by atoms with Crippen molar-refractivity contribution in [2.24, 2.45) is 0 Å². The number of hydrogen-bond acceptors (Lipinski definition) is 3. The minimum absolute atomic E-state index is 0.340. The average Bonchev–Trinajstić information content (AvgIpc) is 2.57. The van der Waals surface area contributed by atoms with E-state index in [0.29, 0.717) is 5.56 Å². The molecule has 1 aromatic carbocycles. The predicted octanol–water partition coefficient (Wildman–Crippen LogP) is 2.55. The molecule has 21 heavy (non-hydrogen) atoms. The molecule has 1 saturated heterocycles. The third-order valence-corrected chi connectivity index (χ3v) is 4.73. The molecule has 5 heteroatoms. The molecular formula is C16H23BO4. The molecule has 0 aromatic heterocycles. The van der Waals surface area contributed by atoms with Gasteiger partial charge in [-0.15, -0.1) is 0 Å². The van der Waals surface area contributed by atoms with E-state index in [1.165, 1.54) is 0 Å². The lowest BCUT2D eigenvalue weighted by Crippen LogP contribution is -2.41. The molecule has 1 heterocycles. The van der Waals surface area contributed by atoms with Crippen molar-refractivity contribution in [1.29, 1.82) is 0 Å². The van der Waals surface area contributed by atoms with Gasteiger partial charge in [-0.2, -0.15) is 0 Å². The summed E-state index contributed by atoms with van der Waals surface area (Å²) in [6, 6.07) is 3.45. The van der Waals surface area contributed by atoms with Gasteiger partial charge < -0.3 is 14.4 Å². The van der Waals surface area contributed by atoms with Crippen molar-refractivity contribution >= 4 is 18.6 Å². The minimum Gasteiger partial charge on any atom is -0.478 e. The first-order valence-electron chi connectivity index (χ1n) is 7.32. The fraction of sp³-hybridized carbons (Fsp3) is 0.562. The van der Waals surface area contributed by atoms with Gasteiger partial charge in [-0.25, -0.2) is 4.79 Å². The van der Waals surface area contributed by atoms with Gasteiger partial charge in [0.15, 0.2) is 0 Å². The van der Waals surface area contributed by atoms with Crippen molar-refractivity contribution in [2.75, 3.05) is 0 Å². The highest BCUT2D eigenvalue weighted by atomic mass is 16.7. The second-order valence-corrected chi connectivity index (χ2v) is 6.55. The monoisotopic (exact) mass is 290 g/mol. The fourth-order valence-corrected chi connectivity index (χ4v) is 2.67. The maximum Gasteiger partial charge on any atom is 0.495 e. The summed E-state index contributed by atoms with van der Waals surface area (Å²) in [6.45, 7) is 11.9. The maximum atomic E-state index is 11.3. The van der Waals surface area contributed by atoms with Crippen LogP contribution in [0.5, 0.6) is 0 Å². The zero-order valence-electron chi connectivity index (χ0n) is 13.6. The lowest BCUT2D eigenvalue weighted by Gasteiger charge is -2.32. The van der Waals surface area contributed by atoms with Crippen molar-refractivity contribution in [2.45, 2.75) is 59.2 Å². The standard InChI is InChI=1S/C16H23BO4/c1-7-11-10(2)12(14(18)19)8-9-13(11)17-20-15(3,4)16(5,6)21-17/h8-9H,7H2,1-6H3,(H,18,19). The number of carboxylic acid groups (broad SMARTS) is 1. The number of benzene rings is 1. The zero-order chi connectivity index (χ0) is 16.0. The second kappa shape index (κ2) is 5.14. The van der Waals surface area contributed by atoms with Gasteiger partial charge in [-0.3, -0.25) is 0 Å². The predicted molar refractivity (Wildman–Crippen MR) is 83.2 cm³/mol. The van der Waals surface area contributed by atoms with Crippen LogP contribution in [0, 0.1) is 6.92 Å². The van der Waals surface area contributed by atoms with Crippen LogP contribution < -0.4 is 5.46 Å². The number of carbonyl (C=O) groups is 1. The quantitative estimate of drug-likeness (QED) is 0.869. The summed E-state index contributed by atoms with van der Waals surface area (Å²) in [4.78, 5) is 11.3. The van der Waals surface area contributed by atoms with Gasteiger partial charge in [0.2, 0.25) is 0 Å². The van der Waals surface area contributed by atoms with Gasteiger partial charge >= 0.3 is 13.1 Å². The van der Waals surface area contributed by atoms with Crippen molar-refractivity contribution in [3.05, 3.63) is 28.8 Å². The van der Waals surface area contributed by atoms with E-state index in [9.17, 15) is 9.90 Å². The Morgan fingerprint density at radius 3 is 2.14 bits per heavy atom. The Hall–Kier alpha value is -1.33. The van der Waals surface area contributed by atoms with Crippen molar-refractivity contribution < 1.29 is 19.2 Å². The molecule has 0 bridgehead atoms. The number of rotatable bonds is 3. The van der Waals surface area contributed by atoms with Gasteiger partial charge in [0.05, 0.1) is 16.8 Å². The van der Waals surface area contributed by atoms with Crippen molar-refractivity contribution in [1.82, 2.24) is 0 Å². The first-order chi connectivity index (χ1) is 9.60. The second-order valence-electron chi connectivity index (χ2n) is 6.55. The first-order valence-corrected chi connectivity index (χ1v) is 7.32. The SMILES string of the molecule is CCc1c(B2OC(C)(C)C(C)(C)O2)ccc(C(=O)O)c1C. The Balaban J connectivity index is 2.47. The highest BCUT2D eigenvalue weighted by molar-refractivity contribution is 6.62. The topological polar surface area (TPSA) is 55.8 Å². The highest BCUT2D eigenvalue weighted by Gasteiger charge is 2.52. The Labute approximate surface area is 126 Å². The van der Waals surface area contributed by atoms with E-state index in [4.69, 9.17) is 9.31 Å². The van der Waals surface area contributed by atoms with Crippen molar-refractivity contribution in [3.63, 3.8) is 0 Å². The van der Waals surface area contributed by atoms with Crippen LogP contribution >= 0.6 is 0 Å². The number of carboxylic acids is 1. The average molecular weight is 290 g/mol. The van der Waals surface area contributed by atoms with E-state index >= 15 is 0 Å². The van der Waals surface area contributed by atoms with Crippen LogP contribution in [0.4, 0.5) is 0 Å². The minimum atomic E-state index is -0.900. The van der Waals surface area contributed by atoms with Crippen LogP contribution in [0.1, 0.15) is 56.1 Å².